The molecule has 0 aliphatic heterocycles. The van der Waals surface area contributed by atoms with E-state index in [4.69, 9.17) is 0 Å². The highest BCUT2D eigenvalue weighted by Gasteiger charge is 2.15. The molecule has 1 unspecified atom stereocenters. The molecule has 0 bridgehead atoms. The van der Waals surface area contributed by atoms with Gasteiger partial charge in [0.15, 0.2) is 0 Å². The standard InChI is InChI=1S/C19H28N2/c1-5-6-12-20-14-19-13-15(2)21(17(19)4)16(3)18-10-8-7-9-11-18/h7-11,13,16,20H,5-6,12,14H2,1-4H3. The summed E-state index contributed by atoms with van der Waals surface area (Å²) in [6, 6.07) is 13.4. The molecule has 0 spiro atoms. The van der Waals surface area contributed by atoms with Gasteiger partial charge >= 0.3 is 0 Å². The summed E-state index contributed by atoms with van der Waals surface area (Å²) in [4.78, 5) is 0. The van der Waals surface area contributed by atoms with Crippen molar-refractivity contribution in [1.29, 1.82) is 0 Å². The minimum atomic E-state index is 0.385. The Labute approximate surface area is 129 Å². The van der Waals surface area contributed by atoms with Crippen molar-refractivity contribution in [3.63, 3.8) is 0 Å². The summed E-state index contributed by atoms with van der Waals surface area (Å²) in [6.45, 7) is 11.0. The number of hydrogen-bond acceptors (Lipinski definition) is 1. The topological polar surface area (TPSA) is 17.0 Å². The molecule has 0 aliphatic carbocycles. The maximum atomic E-state index is 3.55. The SMILES string of the molecule is CCCCNCc1cc(C)n(C(C)c2ccccc2)c1C. The van der Waals surface area contributed by atoms with Crippen molar-refractivity contribution in [3.8, 4) is 0 Å². The molecule has 2 nitrogen and oxygen atoms in total. The van der Waals surface area contributed by atoms with Crippen molar-refractivity contribution in [2.75, 3.05) is 6.54 Å². The van der Waals surface area contributed by atoms with Gasteiger partial charge in [0.05, 0.1) is 6.04 Å². The third kappa shape index (κ3) is 3.76. The summed E-state index contributed by atoms with van der Waals surface area (Å²) >= 11 is 0. The highest BCUT2D eigenvalue weighted by molar-refractivity contribution is 5.30. The molecule has 2 rings (SSSR count). The number of hydrogen-bond donors (Lipinski definition) is 1. The van der Waals surface area contributed by atoms with E-state index in [0.29, 0.717) is 6.04 Å². The first-order valence-corrected chi connectivity index (χ1v) is 8.08. The van der Waals surface area contributed by atoms with Crippen LogP contribution in [0, 0.1) is 13.8 Å². The van der Waals surface area contributed by atoms with Crippen molar-refractivity contribution in [3.05, 3.63) is 58.9 Å². The van der Waals surface area contributed by atoms with Crippen LogP contribution in [0.3, 0.4) is 0 Å². The van der Waals surface area contributed by atoms with E-state index < -0.39 is 0 Å². The Kier molecular flexibility index (Phi) is 5.63. The number of benzene rings is 1. The summed E-state index contributed by atoms with van der Waals surface area (Å²) in [5, 5.41) is 3.55. The van der Waals surface area contributed by atoms with Crippen LogP contribution in [0.5, 0.6) is 0 Å². The molecule has 1 N–H and O–H groups in total. The van der Waals surface area contributed by atoms with Gasteiger partial charge < -0.3 is 9.88 Å². The summed E-state index contributed by atoms with van der Waals surface area (Å²) in [6.07, 6.45) is 2.50. The number of nitrogens with zero attached hydrogens (tertiary/aromatic N) is 1. The fraction of sp³-hybridized carbons (Fsp3) is 0.474. The molecule has 1 aromatic carbocycles. The van der Waals surface area contributed by atoms with Gasteiger partial charge in [-0.15, -0.1) is 0 Å². The zero-order valence-electron chi connectivity index (χ0n) is 13.8. The van der Waals surface area contributed by atoms with E-state index >= 15 is 0 Å². The molecule has 0 saturated heterocycles. The molecular formula is C19H28N2. The molecule has 114 valence electrons. The quantitative estimate of drug-likeness (QED) is 0.735. The van der Waals surface area contributed by atoms with E-state index in [-0.39, 0.29) is 0 Å². The molecule has 0 fully saturated rings. The molecule has 1 aromatic heterocycles. The molecule has 1 atom stereocenters. The lowest BCUT2D eigenvalue weighted by Crippen LogP contribution is -2.15. The van der Waals surface area contributed by atoms with E-state index in [9.17, 15) is 0 Å². The van der Waals surface area contributed by atoms with E-state index in [0.717, 1.165) is 13.1 Å². The largest absolute Gasteiger partial charge is 0.342 e. The van der Waals surface area contributed by atoms with Gasteiger partial charge in [0.1, 0.15) is 0 Å². The van der Waals surface area contributed by atoms with Crippen LogP contribution < -0.4 is 5.32 Å². The highest BCUT2D eigenvalue weighted by Crippen LogP contribution is 2.25. The lowest BCUT2D eigenvalue weighted by atomic mass is 10.1. The minimum absolute atomic E-state index is 0.385. The van der Waals surface area contributed by atoms with Gasteiger partial charge in [-0.2, -0.15) is 0 Å². The number of aromatic nitrogens is 1. The maximum absolute atomic E-state index is 3.55. The van der Waals surface area contributed by atoms with Crippen LogP contribution in [0.2, 0.25) is 0 Å². The zero-order chi connectivity index (χ0) is 15.2. The van der Waals surface area contributed by atoms with E-state index in [1.165, 1.54) is 35.4 Å². The molecule has 21 heavy (non-hydrogen) atoms. The maximum Gasteiger partial charge on any atom is 0.0556 e. The molecule has 2 aromatic rings. The van der Waals surface area contributed by atoms with Crippen molar-refractivity contribution in [2.45, 2.75) is 53.1 Å². The van der Waals surface area contributed by atoms with Gasteiger partial charge in [0.25, 0.3) is 0 Å². The Bertz CT molecular complexity index is 554. The summed E-state index contributed by atoms with van der Waals surface area (Å²) in [7, 11) is 0. The first kappa shape index (κ1) is 15.8. The highest BCUT2D eigenvalue weighted by atomic mass is 15.0. The molecule has 0 saturated carbocycles. The monoisotopic (exact) mass is 284 g/mol. The van der Waals surface area contributed by atoms with Crippen LogP contribution in [-0.4, -0.2) is 11.1 Å². The molecule has 0 amide bonds. The molecule has 2 heteroatoms. The summed E-state index contributed by atoms with van der Waals surface area (Å²) in [5.41, 5.74) is 5.51. The molecule has 1 heterocycles. The smallest absolute Gasteiger partial charge is 0.0556 e. The minimum Gasteiger partial charge on any atom is -0.342 e. The predicted molar refractivity (Wildman–Crippen MR) is 90.8 cm³/mol. The predicted octanol–water partition coefficient (Wildman–Crippen LogP) is 4.60. The average molecular weight is 284 g/mol. The Hall–Kier alpha value is -1.54. The second kappa shape index (κ2) is 7.46. The van der Waals surface area contributed by atoms with Crippen LogP contribution >= 0.6 is 0 Å². The van der Waals surface area contributed by atoms with E-state index in [1.54, 1.807) is 0 Å². The number of rotatable bonds is 7. The van der Waals surface area contributed by atoms with E-state index in [2.05, 4.69) is 74.0 Å². The van der Waals surface area contributed by atoms with Crippen LogP contribution in [0.1, 0.15) is 55.2 Å². The zero-order valence-corrected chi connectivity index (χ0v) is 13.8. The first-order chi connectivity index (χ1) is 10.1. The Morgan fingerprint density at radius 1 is 1.14 bits per heavy atom. The fourth-order valence-electron chi connectivity index (χ4n) is 3.03. The Balaban J connectivity index is 2.15. The first-order valence-electron chi connectivity index (χ1n) is 8.08. The molecule has 0 radical (unpaired) electrons. The third-order valence-electron chi connectivity index (χ3n) is 4.28. The lowest BCUT2D eigenvalue weighted by molar-refractivity contribution is 0.600. The van der Waals surface area contributed by atoms with E-state index in [1.807, 2.05) is 0 Å². The normalized spacial score (nSPS) is 12.6. The summed E-state index contributed by atoms with van der Waals surface area (Å²) in [5.74, 6) is 0. The van der Waals surface area contributed by atoms with Crippen molar-refractivity contribution >= 4 is 0 Å². The Morgan fingerprint density at radius 2 is 1.86 bits per heavy atom. The van der Waals surface area contributed by atoms with Gasteiger partial charge in [0.2, 0.25) is 0 Å². The second-order valence-corrected chi connectivity index (χ2v) is 5.88. The average Bonchev–Trinajstić information content (AvgIpc) is 2.78. The third-order valence-corrected chi connectivity index (χ3v) is 4.28. The van der Waals surface area contributed by atoms with Crippen LogP contribution in [0.25, 0.3) is 0 Å². The second-order valence-electron chi connectivity index (χ2n) is 5.88. The van der Waals surface area contributed by atoms with Crippen LogP contribution in [0.15, 0.2) is 36.4 Å². The van der Waals surface area contributed by atoms with Gasteiger partial charge in [-0.05, 0) is 50.9 Å². The molecular weight excluding hydrogens is 256 g/mol. The summed E-state index contributed by atoms with van der Waals surface area (Å²) < 4.78 is 2.45. The number of unbranched alkanes of at least 4 members (excludes halogenated alkanes) is 1. The van der Waals surface area contributed by atoms with Crippen molar-refractivity contribution in [2.24, 2.45) is 0 Å². The Morgan fingerprint density at radius 3 is 2.52 bits per heavy atom. The van der Waals surface area contributed by atoms with Crippen LogP contribution in [-0.2, 0) is 6.54 Å². The van der Waals surface area contributed by atoms with Gasteiger partial charge in [0, 0.05) is 17.9 Å². The van der Waals surface area contributed by atoms with Crippen LogP contribution in [0.4, 0.5) is 0 Å². The number of nitrogens with one attached hydrogen (secondary N) is 1. The van der Waals surface area contributed by atoms with Gasteiger partial charge in [-0.25, -0.2) is 0 Å². The van der Waals surface area contributed by atoms with Gasteiger partial charge in [-0.3, -0.25) is 0 Å². The number of aryl methyl sites for hydroxylation is 1. The fourth-order valence-corrected chi connectivity index (χ4v) is 3.03. The van der Waals surface area contributed by atoms with Crippen molar-refractivity contribution < 1.29 is 0 Å². The lowest BCUT2D eigenvalue weighted by Gasteiger charge is -2.19. The van der Waals surface area contributed by atoms with Crippen molar-refractivity contribution in [1.82, 2.24) is 9.88 Å². The molecule has 0 aliphatic rings. The van der Waals surface area contributed by atoms with Gasteiger partial charge in [-0.1, -0.05) is 43.7 Å².